The van der Waals surface area contributed by atoms with Crippen molar-refractivity contribution in [1.82, 2.24) is 20.5 Å². The van der Waals surface area contributed by atoms with E-state index >= 15 is 0 Å². The molecule has 6 heteroatoms. The third kappa shape index (κ3) is 4.76. The van der Waals surface area contributed by atoms with Gasteiger partial charge in [0.1, 0.15) is 5.01 Å². The molecule has 1 atom stereocenters. The number of thiazole rings is 1. The van der Waals surface area contributed by atoms with Crippen LogP contribution in [0.3, 0.4) is 0 Å². The number of aliphatic imine (C=N–C) groups is 1. The lowest BCUT2D eigenvalue weighted by atomic mass is 10.1. The molecule has 1 aliphatic rings. The maximum absolute atomic E-state index is 4.61. The van der Waals surface area contributed by atoms with Crippen LogP contribution in [0.25, 0.3) is 0 Å². The monoisotopic (exact) mass is 295 g/mol. The Kier molecular flexibility index (Phi) is 5.79. The van der Waals surface area contributed by atoms with E-state index in [1.165, 1.54) is 24.4 Å². The first-order chi connectivity index (χ1) is 9.67. The van der Waals surface area contributed by atoms with E-state index in [-0.39, 0.29) is 0 Å². The van der Waals surface area contributed by atoms with Gasteiger partial charge in [-0.3, -0.25) is 0 Å². The summed E-state index contributed by atoms with van der Waals surface area (Å²) in [4.78, 5) is 12.6. The van der Waals surface area contributed by atoms with Crippen LogP contribution in [0.4, 0.5) is 0 Å². The normalized spacial score (nSPS) is 20.4. The van der Waals surface area contributed by atoms with Gasteiger partial charge in [-0.2, -0.15) is 0 Å². The molecule has 1 aromatic heterocycles. The van der Waals surface area contributed by atoms with Crippen molar-refractivity contribution >= 4 is 17.3 Å². The first kappa shape index (κ1) is 15.3. The third-order valence-electron chi connectivity index (χ3n) is 3.43. The summed E-state index contributed by atoms with van der Waals surface area (Å²) < 4.78 is 0. The second kappa shape index (κ2) is 7.59. The molecule has 1 saturated heterocycles. The topological polar surface area (TPSA) is 52.6 Å². The van der Waals surface area contributed by atoms with Crippen molar-refractivity contribution in [2.75, 3.05) is 33.2 Å². The lowest BCUT2D eigenvalue weighted by Gasteiger charge is -2.15. The number of nitrogens with zero attached hydrogens (tertiary/aromatic N) is 3. The Hall–Kier alpha value is -1.14. The van der Waals surface area contributed by atoms with Crippen molar-refractivity contribution in [1.29, 1.82) is 0 Å². The standard InChI is InChI=1S/C14H25N5S/c1-4-15-14(17-8-12-5-6-19(3)10-12)18-9-13-16-7-11(2)20-13/h7,12H,4-6,8-10H2,1-3H3,(H2,15,17,18). The molecule has 1 fully saturated rings. The Morgan fingerprint density at radius 1 is 1.55 bits per heavy atom. The van der Waals surface area contributed by atoms with Gasteiger partial charge in [0, 0.05) is 30.7 Å². The summed E-state index contributed by atoms with van der Waals surface area (Å²) in [6.45, 7) is 9.08. The first-order valence-corrected chi connectivity index (χ1v) is 8.11. The van der Waals surface area contributed by atoms with Gasteiger partial charge in [0.05, 0.1) is 6.54 Å². The number of hydrogen-bond acceptors (Lipinski definition) is 4. The van der Waals surface area contributed by atoms with Crippen LogP contribution in [0.15, 0.2) is 11.2 Å². The molecule has 0 bridgehead atoms. The lowest BCUT2D eigenvalue weighted by molar-refractivity contribution is 0.394. The van der Waals surface area contributed by atoms with Gasteiger partial charge in [0.25, 0.3) is 0 Å². The maximum atomic E-state index is 4.61. The second-order valence-electron chi connectivity index (χ2n) is 5.36. The van der Waals surface area contributed by atoms with E-state index in [1.807, 2.05) is 6.20 Å². The Balaban J connectivity index is 1.82. The second-order valence-corrected chi connectivity index (χ2v) is 6.68. The fourth-order valence-electron chi connectivity index (χ4n) is 2.40. The minimum absolute atomic E-state index is 0.651. The molecule has 2 rings (SSSR count). The summed E-state index contributed by atoms with van der Waals surface area (Å²) in [7, 11) is 2.18. The SMILES string of the molecule is CCNC(=NCc1ncc(C)s1)NCC1CCN(C)C1. The first-order valence-electron chi connectivity index (χ1n) is 7.29. The van der Waals surface area contributed by atoms with E-state index in [9.17, 15) is 0 Å². The van der Waals surface area contributed by atoms with Crippen LogP contribution >= 0.6 is 11.3 Å². The van der Waals surface area contributed by atoms with Gasteiger partial charge in [0.2, 0.25) is 0 Å². The van der Waals surface area contributed by atoms with Crippen LogP contribution in [-0.2, 0) is 6.54 Å². The largest absolute Gasteiger partial charge is 0.357 e. The van der Waals surface area contributed by atoms with Gasteiger partial charge in [-0.25, -0.2) is 9.98 Å². The van der Waals surface area contributed by atoms with E-state index in [0.29, 0.717) is 6.54 Å². The Bertz CT molecular complexity index is 443. The number of aryl methyl sites for hydroxylation is 1. The highest BCUT2D eigenvalue weighted by Crippen LogP contribution is 2.13. The van der Waals surface area contributed by atoms with Gasteiger partial charge < -0.3 is 15.5 Å². The fraction of sp³-hybridized carbons (Fsp3) is 0.714. The number of rotatable bonds is 5. The average Bonchev–Trinajstić information content (AvgIpc) is 3.02. The molecule has 112 valence electrons. The molecule has 1 aliphatic heterocycles. The summed E-state index contributed by atoms with van der Waals surface area (Å²) in [5.74, 6) is 1.63. The van der Waals surface area contributed by atoms with Crippen LogP contribution in [0.5, 0.6) is 0 Å². The van der Waals surface area contributed by atoms with Crippen LogP contribution in [0, 0.1) is 12.8 Å². The smallest absolute Gasteiger partial charge is 0.191 e. The quantitative estimate of drug-likeness (QED) is 0.638. The summed E-state index contributed by atoms with van der Waals surface area (Å²) in [5.41, 5.74) is 0. The number of hydrogen-bond donors (Lipinski definition) is 2. The fourth-order valence-corrected chi connectivity index (χ4v) is 3.11. The third-order valence-corrected chi connectivity index (χ3v) is 4.33. The molecule has 0 radical (unpaired) electrons. The minimum atomic E-state index is 0.651. The summed E-state index contributed by atoms with van der Waals surface area (Å²) >= 11 is 1.71. The highest BCUT2D eigenvalue weighted by Gasteiger charge is 2.19. The van der Waals surface area contributed by atoms with E-state index in [1.54, 1.807) is 11.3 Å². The van der Waals surface area contributed by atoms with Crippen LogP contribution < -0.4 is 10.6 Å². The predicted octanol–water partition coefficient (Wildman–Crippen LogP) is 1.46. The zero-order chi connectivity index (χ0) is 14.4. The Morgan fingerprint density at radius 3 is 3.00 bits per heavy atom. The number of aromatic nitrogens is 1. The molecule has 2 N–H and O–H groups in total. The van der Waals surface area contributed by atoms with Crippen molar-refractivity contribution in [3.8, 4) is 0 Å². The molecular weight excluding hydrogens is 270 g/mol. The van der Waals surface area contributed by atoms with Crippen LogP contribution in [0.1, 0.15) is 23.2 Å². The van der Waals surface area contributed by atoms with E-state index in [0.717, 1.165) is 30.0 Å². The molecule has 20 heavy (non-hydrogen) atoms. The predicted molar refractivity (Wildman–Crippen MR) is 85.3 cm³/mol. The molecule has 0 spiro atoms. The van der Waals surface area contributed by atoms with Gasteiger partial charge in [-0.15, -0.1) is 11.3 Å². The van der Waals surface area contributed by atoms with Gasteiger partial charge in [-0.05, 0) is 39.8 Å². The molecule has 0 saturated carbocycles. The van der Waals surface area contributed by atoms with Crippen LogP contribution in [-0.4, -0.2) is 49.1 Å². The lowest BCUT2D eigenvalue weighted by Crippen LogP contribution is -2.40. The van der Waals surface area contributed by atoms with Crippen molar-refractivity contribution < 1.29 is 0 Å². The number of nitrogens with one attached hydrogen (secondary N) is 2. The van der Waals surface area contributed by atoms with E-state index in [4.69, 9.17) is 0 Å². The van der Waals surface area contributed by atoms with Crippen LogP contribution in [0.2, 0.25) is 0 Å². The van der Waals surface area contributed by atoms with Crippen molar-refractivity contribution in [2.45, 2.75) is 26.8 Å². The highest BCUT2D eigenvalue weighted by molar-refractivity contribution is 7.11. The van der Waals surface area contributed by atoms with Gasteiger partial charge in [-0.1, -0.05) is 0 Å². The van der Waals surface area contributed by atoms with Crippen molar-refractivity contribution in [3.63, 3.8) is 0 Å². The summed E-state index contributed by atoms with van der Waals surface area (Å²) in [6, 6.07) is 0. The molecule has 0 aromatic carbocycles. The van der Waals surface area contributed by atoms with Gasteiger partial charge in [0.15, 0.2) is 5.96 Å². The van der Waals surface area contributed by atoms with E-state index in [2.05, 4.69) is 46.4 Å². The summed E-state index contributed by atoms with van der Waals surface area (Å²) in [5, 5.41) is 7.82. The summed E-state index contributed by atoms with van der Waals surface area (Å²) in [6.07, 6.45) is 3.18. The molecular formula is C14H25N5S. The average molecular weight is 295 g/mol. The molecule has 0 amide bonds. The zero-order valence-electron chi connectivity index (χ0n) is 12.6. The molecule has 2 heterocycles. The Labute approximate surface area is 125 Å². The minimum Gasteiger partial charge on any atom is -0.357 e. The molecule has 1 aromatic rings. The number of guanidine groups is 1. The highest BCUT2D eigenvalue weighted by atomic mass is 32.1. The molecule has 0 aliphatic carbocycles. The van der Waals surface area contributed by atoms with Crippen molar-refractivity contribution in [2.24, 2.45) is 10.9 Å². The molecule has 5 nitrogen and oxygen atoms in total. The van der Waals surface area contributed by atoms with E-state index < -0.39 is 0 Å². The number of likely N-dealkylation sites (tertiary alicyclic amines) is 1. The Morgan fingerprint density at radius 2 is 2.40 bits per heavy atom. The maximum Gasteiger partial charge on any atom is 0.191 e. The molecule has 1 unspecified atom stereocenters. The zero-order valence-corrected chi connectivity index (χ0v) is 13.5. The van der Waals surface area contributed by atoms with Crippen molar-refractivity contribution in [3.05, 3.63) is 16.1 Å². The van der Waals surface area contributed by atoms with Gasteiger partial charge >= 0.3 is 0 Å².